The lowest BCUT2D eigenvalue weighted by Gasteiger charge is -2.08. The lowest BCUT2D eigenvalue weighted by atomic mass is 10.3. The Morgan fingerprint density at radius 1 is 1.22 bits per heavy atom. The molecule has 4 nitrogen and oxygen atoms in total. The van der Waals surface area contributed by atoms with Crippen molar-refractivity contribution in [3.05, 3.63) is 41.7 Å². The zero-order valence-electron chi connectivity index (χ0n) is 9.45. The zero-order valence-corrected chi connectivity index (χ0v) is 10.3. The third kappa shape index (κ3) is 2.57. The van der Waals surface area contributed by atoms with Gasteiger partial charge in [0.1, 0.15) is 17.2 Å². The van der Waals surface area contributed by atoms with Crippen LogP contribution in [0.25, 0.3) is 0 Å². The van der Waals surface area contributed by atoms with Crippen LogP contribution in [0.3, 0.4) is 0 Å². The van der Waals surface area contributed by atoms with Crippen molar-refractivity contribution in [2.24, 2.45) is 5.84 Å². The molecule has 94 valence electrons. The molecule has 0 fully saturated rings. The fourth-order valence-corrected chi connectivity index (χ4v) is 2.21. The van der Waals surface area contributed by atoms with Crippen molar-refractivity contribution >= 4 is 17.6 Å². The van der Waals surface area contributed by atoms with Gasteiger partial charge in [0.15, 0.2) is 11.6 Å². The molecule has 0 aliphatic heterocycles. The van der Waals surface area contributed by atoms with E-state index in [1.165, 1.54) is 24.2 Å². The van der Waals surface area contributed by atoms with E-state index >= 15 is 0 Å². The van der Waals surface area contributed by atoms with Crippen LogP contribution in [0.2, 0.25) is 0 Å². The number of hydrogen-bond donors (Lipinski definition) is 2. The number of benzene rings is 1. The number of aromatic nitrogens is 2. The molecule has 0 bridgehead atoms. The van der Waals surface area contributed by atoms with E-state index in [2.05, 4.69) is 15.4 Å². The molecule has 0 aliphatic rings. The number of nitrogens with zero attached hydrogens (tertiary/aromatic N) is 2. The highest BCUT2D eigenvalue weighted by atomic mass is 32.2. The van der Waals surface area contributed by atoms with Gasteiger partial charge in [-0.05, 0) is 25.1 Å². The van der Waals surface area contributed by atoms with Gasteiger partial charge in [-0.25, -0.2) is 24.6 Å². The summed E-state index contributed by atoms with van der Waals surface area (Å²) in [5, 5.41) is 0.629. The standard InChI is InChI=1S/C11H10F2N4S/c1-6-10(17-14)15-5-16-11(6)18-7-2-3-8(12)9(13)4-7/h2-5H,14H2,1H3,(H,15,16,17). The van der Waals surface area contributed by atoms with Crippen molar-refractivity contribution in [1.82, 2.24) is 9.97 Å². The Bertz CT molecular complexity index is 577. The number of rotatable bonds is 3. The van der Waals surface area contributed by atoms with E-state index in [0.717, 1.165) is 17.7 Å². The zero-order chi connectivity index (χ0) is 13.1. The molecule has 2 aromatic rings. The van der Waals surface area contributed by atoms with Crippen molar-refractivity contribution in [3.8, 4) is 0 Å². The summed E-state index contributed by atoms with van der Waals surface area (Å²) in [7, 11) is 0. The van der Waals surface area contributed by atoms with Crippen molar-refractivity contribution < 1.29 is 8.78 Å². The van der Waals surface area contributed by atoms with Crippen LogP contribution in [0.4, 0.5) is 14.6 Å². The van der Waals surface area contributed by atoms with Gasteiger partial charge in [-0.2, -0.15) is 0 Å². The van der Waals surface area contributed by atoms with Gasteiger partial charge in [-0.1, -0.05) is 11.8 Å². The molecule has 0 radical (unpaired) electrons. The molecule has 2 rings (SSSR count). The first-order chi connectivity index (χ1) is 8.61. The largest absolute Gasteiger partial charge is 0.308 e. The Kier molecular flexibility index (Phi) is 3.73. The maximum Gasteiger partial charge on any atom is 0.159 e. The monoisotopic (exact) mass is 268 g/mol. The van der Waals surface area contributed by atoms with Gasteiger partial charge in [0.25, 0.3) is 0 Å². The van der Waals surface area contributed by atoms with Gasteiger partial charge in [-0.3, -0.25) is 0 Å². The second-order valence-corrected chi connectivity index (χ2v) is 4.54. The third-order valence-corrected chi connectivity index (χ3v) is 3.37. The predicted octanol–water partition coefficient (Wildman–Crippen LogP) is 2.50. The van der Waals surface area contributed by atoms with Crippen molar-refractivity contribution in [2.75, 3.05) is 5.43 Å². The molecule has 0 unspecified atom stereocenters. The van der Waals surface area contributed by atoms with Crippen molar-refractivity contribution in [3.63, 3.8) is 0 Å². The summed E-state index contributed by atoms with van der Waals surface area (Å²) in [6.45, 7) is 1.79. The molecule has 7 heteroatoms. The van der Waals surface area contributed by atoms with E-state index in [1.54, 1.807) is 6.92 Å². The molecule has 1 aromatic heterocycles. The van der Waals surface area contributed by atoms with Gasteiger partial charge in [-0.15, -0.1) is 0 Å². The first-order valence-electron chi connectivity index (χ1n) is 5.03. The summed E-state index contributed by atoms with van der Waals surface area (Å²) < 4.78 is 25.9. The fourth-order valence-electron chi connectivity index (χ4n) is 1.33. The number of nitrogens with two attached hydrogens (primary N) is 1. The maximum atomic E-state index is 13.1. The highest BCUT2D eigenvalue weighted by Crippen LogP contribution is 2.30. The number of hydrogen-bond acceptors (Lipinski definition) is 5. The van der Waals surface area contributed by atoms with Crippen LogP contribution in [0, 0.1) is 18.6 Å². The number of halogens is 2. The molecular formula is C11H10F2N4S. The van der Waals surface area contributed by atoms with Crippen LogP contribution in [-0.4, -0.2) is 9.97 Å². The van der Waals surface area contributed by atoms with Gasteiger partial charge in [0.05, 0.1) is 0 Å². The third-order valence-electron chi connectivity index (χ3n) is 2.28. The van der Waals surface area contributed by atoms with Crippen LogP contribution in [0.1, 0.15) is 5.56 Å². The lowest BCUT2D eigenvalue weighted by Crippen LogP contribution is -2.10. The van der Waals surface area contributed by atoms with Crippen LogP contribution in [0.15, 0.2) is 34.4 Å². The van der Waals surface area contributed by atoms with E-state index in [0.29, 0.717) is 15.7 Å². The Morgan fingerprint density at radius 2 is 2.00 bits per heavy atom. The van der Waals surface area contributed by atoms with Gasteiger partial charge in [0, 0.05) is 10.5 Å². The number of anilines is 1. The quantitative estimate of drug-likeness (QED) is 0.508. The Hall–Kier alpha value is -1.73. The summed E-state index contributed by atoms with van der Waals surface area (Å²) in [6, 6.07) is 3.69. The Labute approximate surface area is 107 Å². The molecule has 0 aliphatic carbocycles. The van der Waals surface area contributed by atoms with E-state index in [1.807, 2.05) is 0 Å². The van der Waals surface area contributed by atoms with Crippen molar-refractivity contribution in [2.45, 2.75) is 16.8 Å². The van der Waals surface area contributed by atoms with Crippen LogP contribution < -0.4 is 11.3 Å². The van der Waals surface area contributed by atoms with E-state index in [9.17, 15) is 8.78 Å². The lowest BCUT2D eigenvalue weighted by molar-refractivity contribution is 0.506. The van der Waals surface area contributed by atoms with Crippen LogP contribution in [-0.2, 0) is 0 Å². The minimum atomic E-state index is -0.885. The molecule has 0 amide bonds. The Balaban J connectivity index is 2.31. The van der Waals surface area contributed by atoms with Crippen molar-refractivity contribution in [1.29, 1.82) is 0 Å². The molecule has 1 heterocycles. The van der Waals surface area contributed by atoms with Crippen LogP contribution >= 0.6 is 11.8 Å². The molecule has 0 atom stereocenters. The summed E-state index contributed by atoms with van der Waals surface area (Å²) in [4.78, 5) is 8.56. The molecule has 1 aromatic carbocycles. The summed E-state index contributed by atoms with van der Waals surface area (Å²) in [5.74, 6) is 4.04. The predicted molar refractivity (Wildman–Crippen MR) is 65.1 cm³/mol. The minimum Gasteiger partial charge on any atom is -0.308 e. The second-order valence-electron chi connectivity index (χ2n) is 3.47. The smallest absolute Gasteiger partial charge is 0.159 e. The maximum absolute atomic E-state index is 13.1. The summed E-state index contributed by atoms with van der Waals surface area (Å²) >= 11 is 1.21. The summed E-state index contributed by atoms with van der Waals surface area (Å²) in [5.41, 5.74) is 3.19. The highest BCUT2D eigenvalue weighted by Gasteiger charge is 2.09. The topological polar surface area (TPSA) is 63.8 Å². The van der Waals surface area contributed by atoms with Gasteiger partial charge in [0.2, 0.25) is 0 Å². The second kappa shape index (κ2) is 5.28. The van der Waals surface area contributed by atoms with E-state index in [-0.39, 0.29) is 0 Å². The Morgan fingerprint density at radius 3 is 2.67 bits per heavy atom. The van der Waals surface area contributed by atoms with Gasteiger partial charge >= 0.3 is 0 Å². The molecular weight excluding hydrogens is 258 g/mol. The molecule has 3 N–H and O–H groups in total. The van der Waals surface area contributed by atoms with E-state index in [4.69, 9.17) is 5.84 Å². The molecule has 0 saturated heterocycles. The first-order valence-corrected chi connectivity index (χ1v) is 5.84. The molecule has 0 saturated carbocycles. The minimum absolute atomic E-state index is 0.495. The number of nitrogen functional groups attached to an aromatic ring is 1. The van der Waals surface area contributed by atoms with E-state index < -0.39 is 11.6 Å². The molecule has 0 spiro atoms. The summed E-state index contributed by atoms with van der Waals surface area (Å²) in [6.07, 6.45) is 1.35. The normalized spacial score (nSPS) is 10.4. The van der Waals surface area contributed by atoms with Gasteiger partial charge < -0.3 is 5.43 Å². The number of hydrazine groups is 1. The average Bonchev–Trinajstić information content (AvgIpc) is 2.36. The fraction of sp³-hybridized carbons (Fsp3) is 0.0909. The molecule has 18 heavy (non-hydrogen) atoms. The highest BCUT2D eigenvalue weighted by molar-refractivity contribution is 7.99. The number of nitrogens with one attached hydrogen (secondary N) is 1. The van der Waals surface area contributed by atoms with Crippen LogP contribution in [0.5, 0.6) is 0 Å². The first kappa shape index (κ1) is 12.7. The SMILES string of the molecule is Cc1c(NN)ncnc1Sc1ccc(F)c(F)c1. The average molecular weight is 268 g/mol.